The van der Waals surface area contributed by atoms with E-state index in [9.17, 15) is 0 Å². The molecule has 0 unspecified atom stereocenters. The van der Waals surface area contributed by atoms with Gasteiger partial charge in [0.2, 0.25) is 0 Å². The number of rotatable bonds is 5. The summed E-state index contributed by atoms with van der Waals surface area (Å²) in [4.78, 5) is 0. The molecule has 0 aliphatic carbocycles. The van der Waals surface area contributed by atoms with Gasteiger partial charge in [0.25, 0.3) is 0 Å². The maximum Gasteiger partial charge on any atom is 0.162 e. The maximum absolute atomic E-state index is 5.83. The number of ether oxygens (including phenoxy) is 2. The van der Waals surface area contributed by atoms with Crippen LogP contribution < -0.4 is 15.3 Å². The average molecular weight is 270 g/mol. The third kappa shape index (κ3) is 3.51. The SMILES string of the molecule is COc1ccc(C=NN)cc1OCc1cccc(C)c1. The topological polar surface area (TPSA) is 56.8 Å². The number of aryl methyl sites for hydroxylation is 1. The Bertz CT molecular complexity index is 609. The van der Waals surface area contributed by atoms with E-state index in [1.54, 1.807) is 13.3 Å². The average Bonchev–Trinajstić information content (AvgIpc) is 2.46. The summed E-state index contributed by atoms with van der Waals surface area (Å²) in [6, 6.07) is 13.8. The number of hydrazone groups is 1. The predicted molar refractivity (Wildman–Crippen MR) is 80.3 cm³/mol. The molecule has 0 heterocycles. The first-order valence-electron chi connectivity index (χ1n) is 6.32. The van der Waals surface area contributed by atoms with Crippen LogP contribution >= 0.6 is 0 Å². The first-order valence-corrected chi connectivity index (χ1v) is 6.32. The molecule has 104 valence electrons. The Hall–Kier alpha value is -2.49. The Morgan fingerprint density at radius 2 is 2.00 bits per heavy atom. The van der Waals surface area contributed by atoms with Gasteiger partial charge in [0.05, 0.1) is 13.3 Å². The van der Waals surface area contributed by atoms with Crippen molar-refractivity contribution >= 4 is 6.21 Å². The summed E-state index contributed by atoms with van der Waals surface area (Å²) in [5.41, 5.74) is 3.19. The minimum absolute atomic E-state index is 0.487. The van der Waals surface area contributed by atoms with Crippen LogP contribution in [0.15, 0.2) is 47.6 Å². The number of nitrogens with zero attached hydrogens (tertiary/aromatic N) is 1. The first kappa shape index (κ1) is 13.9. The van der Waals surface area contributed by atoms with Crippen LogP contribution in [0, 0.1) is 6.92 Å². The fourth-order valence-electron chi connectivity index (χ4n) is 1.94. The van der Waals surface area contributed by atoms with Crippen LogP contribution in [0.2, 0.25) is 0 Å². The lowest BCUT2D eigenvalue weighted by Crippen LogP contribution is -1.99. The molecule has 0 fully saturated rings. The Kier molecular flexibility index (Phi) is 4.60. The minimum Gasteiger partial charge on any atom is -0.493 e. The standard InChI is InChI=1S/C16H18N2O2/c1-12-4-3-5-14(8-12)11-20-16-9-13(10-18-17)6-7-15(16)19-2/h3-10H,11,17H2,1-2H3. The fraction of sp³-hybridized carbons (Fsp3) is 0.188. The second-order valence-electron chi connectivity index (χ2n) is 4.47. The minimum atomic E-state index is 0.487. The van der Waals surface area contributed by atoms with Gasteiger partial charge in [0, 0.05) is 0 Å². The number of benzene rings is 2. The van der Waals surface area contributed by atoms with Crippen molar-refractivity contribution in [1.29, 1.82) is 0 Å². The van der Waals surface area contributed by atoms with E-state index in [1.165, 1.54) is 5.56 Å². The van der Waals surface area contributed by atoms with Crippen molar-refractivity contribution in [1.82, 2.24) is 0 Å². The number of nitrogens with two attached hydrogens (primary N) is 1. The smallest absolute Gasteiger partial charge is 0.162 e. The lowest BCUT2D eigenvalue weighted by atomic mass is 10.1. The quantitative estimate of drug-likeness (QED) is 0.516. The van der Waals surface area contributed by atoms with Gasteiger partial charge < -0.3 is 15.3 Å². The van der Waals surface area contributed by atoms with Crippen LogP contribution in [0.1, 0.15) is 16.7 Å². The fourth-order valence-corrected chi connectivity index (χ4v) is 1.94. The van der Waals surface area contributed by atoms with Gasteiger partial charge >= 0.3 is 0 Å². The molecule has 0 aromatic heterocycles. The van der Waals surface area contributed by atoms with E-state index in [4.69, 9.17) is 15.3 Å². The molecule has 20 heavy (non-hydrogen) atoms. The van der Waals surface area contributed by atoms with Gasteiger partial charge in [-0.15, -0.1) is 0 Å². The van der Waals surface area contributed by atoms with Crippen LogP contribution in [0.4, 0.5) is 0 Å². The first-order chi connectivity index (χ1) is 9.72. The van der Waals surface area contributed by atoms with Crippen LogP contribution in [0.3, 0.4) is 0 Å². The molecule has 0 saturated heterocycles. The summed E-state index contributed by atoms with van der Waals surface area (Å²) in [7, 11) is 1.62. The molecule has 0 aliphatic rings. The Balaban J connectivity index is 2.17. The molecule has 0 atom stereocenters. The highest BCUT2D eigenvalue weighted by atomic mass is 16.5. The van der Waals surface area contributed by atoms with Crippen LogP contribution in [-0.2, 0) is 6.61 Å². The molecule has 0 radical (unpaired) electrons. The molecular formula is C16H18N2O2. The van der Waals surface area contributed by atoms with E-state index in [0.717, 1.165) is 11.1 Å². The summed E-state index contributed by atoms with van der Waals surface area (Å²) >= 11 is 0. The highest BCUT2D eigenvalue weighted by molar-refractivity contribution is 5.80. The zero-order valence-corrected chi connectivity index (χ0v) is 11.7. The molecule has 0 spiro atoms. The third-order valence-corrected chi connectivity index (χ3v) is 2.89. The van der Waals surface area contributed by atoms with Crippen LogP contribution in [0.5, 0.6) is 11.5 Å². The van der Waals surface area contributed by atoms with Crippen molar-refractivity contribution < 1.29 is 9.47 Å². The molecule has 0 bridgehead atoms. The molecule has 2 N–H and O–H groups in total. The molecular weight excluding hydrogens is 252 g/mol. The predicted octanol–water partition coefficient (Wildman–Crippen LogP) is 2.88. The summed E-state index contributed by atoms with van der Waals surface area (Å²) < 4.78 is 11.1. The normalized spacial score (nSPS) is 10.7. The van der Waals surface area contributed by atoms with Gasteiger partial charge in [0.1, 0.15) is 6.61 Å². The van der Waals surface area contributed by atoms with Gasteiger partial charge in [0.15, 0.2) is 11.5 Å². The summed E-state index contributed by atoms with van der Waals surface area (Å²) in [6.45, 7) is 2.55. The van der Waals surface area contributed by atoms with E-state index in [-0.39, 0.29) is 0 Å². The van der Waals surface area contributed by atoms with E-state index in [2.05, 4.69) is 24.2 Å². The van der Waals surface area contributed by atoms with Gasteiger partial charge in [-0.25, -0.2) is 0 Å². The van der Waals surface area contributed by atoms with Gasteiger partial charge in [-0.05, 0) is 36.2 Å². The highest BCUT2D eigenvalue weighted by Crippen LogP contribution is 2.28. The molecule has 0 aliphatic heterocycles. The Morgan fingerprint density at radius 3 is 2.70 bits per heavy atom. The molecule has 2 rings (SSSR count). The lowest BCUT2D eigenvalue weighted by Gasteiger charge is -2.11. The molecule has 0 saturated carbocycles. The van der Waals surface area contributed by atoms with Gasteiger partial charge in [-0.2, -0.15) is 5.10 Å². The number of hydrogen-bond donors (Lipinski definition) is 1. The van der Waals surface area contributed by atoms with Crippen molar-refractivity contribution in [2.45, 2.75) is 13.5 Å². The largest absolute Gasteiger partial charge is 0.493 e. The molecule has 2 aromatic rings. The molecule has 2 aromatic carbocycles. The number of hydrogen-bond acceptors (Lipinski definition) is 4. The second-order valence-corrected chi connectivity index (χ2v) is 4.47. The zero-order valence-electron chi connectivity index (χ0n) is 11.7. The van der Waals surface area contributed by atoms with Crippen molar-refractivity contribution in [3.63, 3.8) is 0 Å². The van der Waals surface area contributed by atoms with E-state index in [0.29, 0.717) is 18.1 Å². The van der Waals surface area contributed by atoms with Crippen molar-refractivity contribution in [2.75, 3.05) is 7.11 Å². The van der Waals surface area contributed by atoms with E-state index in [1.807, 2.05) is 30.3 Å². The van der Waals surface area contributed by atoms with Crippen molar-refractivity contribution in [3.05, 3.63) is 59.2 Å². The van der Waals surface area contributed by atoms with Crippen LogP contribution in [0.25, 0.3) is 0 Å². The van der Waals surface area contributed by atoms with Crippen LogP contribution in [-0.4, -0.2) is 13.3 Å². The van der Waals surface area contributed by atoms with Crippen molar-refractivity contribution in [2.24, 2.45) is 10.9 Å². The second kappa shape index (κ2) is 6.61. The summed E-state index contributed by atoms with van der Waals surface area (Å²) in [5, 5.41) is 3.51. The Morgan fingerprint density at radius 1 is 1.15 bits per heavy atom. The third-order valence-electron chi connectivity index (χ3n) is 2.89. The molecule has 0 amide bonds. The van der Waals surface area contributed by atoms with E-state index >= 15 is 0 Å². The van der Waals surface area contributed by atoms with E-state index < -0.39 is 0 Å². The monoisotopic (exact) mass is 270 g/mol. The van der Waals surface area contributed by atoms with Gasteiger partial charge in [-0.1, -0.05) is 29.8 Å². The molecule has 4 nitrogen and oxygen atoms in total. The summed E-state index contributed by atoms with van der Waals surface area (Å²) in [5.74, 6) is 6.52. The maximum atomic E-state index is 5.83. The molecule has 4 heteroatoms. The summed E-state index contributed by atoms with van der Waals surface area (Å²) in [6.07, 6.45) is 1.57. The number of methoxy groups -OCH3 is 1. The Labute approximate surface area is 118 Å². The lowest BCUT2D eigenvalue weighted by molar-refractivity contribution is 0.284. The van der Waals surface area contributed by atoms with Crippen molar-refractivity contribution in [3.8, 4) is 11.5 Å². The highest BCUT2D eigenvalue weighted by Gasteiger charge is 2.05. The van der Waals surface area contributed by atoms with Gasteiger partial charge in [-0.3, -0.25) is 0 Å². The zero-order chi connectivity index (χ0) is 14.4.